The van der Waals surface area contributed by atoms with Gasteiger partial charge in [0.15, 0.2) is 0 Å². The molecule has 0 radical (unpaired) electrons. The molecule has 7 heteroatoms. The second kappa shape index (κ2) is 26.0. The van der Waals surface area contributed by atoms with Crippen molar-refractivity contribution in [2.24, 2.45) is 0 Å². The number of benzene rings is 18. The molecule has 115 heavy (non-hydrogen) atoms. The summed E-state index contributed by atoms with van der Waals surface area (Å²) in [5.41, 5.74) is 28.3. The van der Waals surface area contributed by atoms with Crippen molar-refractivity contribution < 1.29 is 4.42 Å². The summed E-state index contributed by atoms with van der Waals surface area (Å²) < 4.78 is 21.2. The third-order valence-electron chi connectivity index (χ3n) is 23.9. The fourth-order valence-corrected chi connectivity index (χ4v) is 21.0. The molecule has 0 saturated heterocycles. The smallest absolute Gasteiger partial charge is 0.135 e. The number of nitrogens with zero attached hydrogens (tertiary/aromatic N) is 4. The zero-order valence-corrected chi connectivity index (χ0v) is 63.8. The fraction of sp³-hybridized carbons (Fsp3) is 0. The molecule has 18 aromatic carbocycles. The van der Waals surface area contributed by atoms with Gasteiger partial charge in [-0.2, -0.15) is 0 Å². The van der Waals surface area contributed by atoms with Crippen LogP contribution in [0.1, 0.15) is 0 Å². The van der Waals surface area contributed by atoms with Crippen LogP contribution in [0.3, 0.4) is 0 Å². The molecule has 536 valence electrons. The SMILES string of the molecule is c1ccc(-c2ccc(-c3ccc(-n4c5ccc(-c6ccc7c(c6)c6ccccc6n7-c6ccc7oc8ccccc8c7c6)cc5c5ccc6c7ccccc7sc6c54)cc3)cc2)cc1.c1ccc(-n2c3ccccc3c3cc(-c4ccc5c(c4)c4ccccc4n5-c4ccc(-c5cccc6c5sc5ccccc56)cc4)ccc32)cc1. The number of furan rings is 1. The number of hydrogen-bond acceptors (Lipinski definition) is 3. The van der Waals surface area contributed by atoms with Crippen LogP contribution in [0.2, 0.25) is 0 Å². The monoisotopic (exact) mass is 1500 g/mol. The Hall–Kier alpha value is -14.6. The summed E-state index contributed by atoms with van der Waals surface area (Å²) in [7, 11) is 0. The topological polar surface area (TPSA) is 32.9 Å². The van der Waals surface area contributed by atoms with E-state index in [4.69, 9.17) is 4.42 Å². The van der Waals surface area contributed by atoms with Crippen LogP contribution in [-0.4, -0.2) is 18.3 Å². The summed E-state index contributed by atoms with van der Waals surface area (Å²) in [6.07, 6.45) is 0. The third kappa shape index (κ3) is 10.4. The van der Waals surface area contributed by atoms with Gasteiger partial charge in [0.25, 0.3) is 0 Å². The van der Waals surface area contributed by atoms with Crippen LogP contribution in [0.4, 0.5) is 0 Å². The predicted octanol–water partition coefficient (Wildman–Crippen LogP) is 30.7. The largest absolute Gasteiger partial charge is 0.456 e. The van der Waals surface area contributed by atoms with Gasteiger partial charge in [-0.1, -0.05) is 261 Å². The van der Waals surface area contributed by atoms with Crippen molar-refractivity contribution in [1.82, 2.24) is 18.3 Å². The molecular weight excluding hydrogens is 1430 g/mol. The average Bonchev–Trinajstić information content (AvgIpc) is 1.56. The third-order valence-corrected chi connectivity index (χ3v) is 26.3. The van der Waals surface area contributed by atoms with Crippen LogP contribution in [0, 0.1) is 0 Å². The molecule has 0 aliphatic heterocycles. The maximum absolute atomic E-state index is 6.21. The van der Waals surface area contributed by atoms with E-state index in [0.29, 0.717) is 0 Å². The van der Waals surface area contributed by atoms with E-state index in [-0.39, 0.29) is 0 Å². The minimum absolute atomic E-state index is 0.903. The van der Waals surface area contributed by atoms with Crippen molar-refractivity contribution in [2.75, 3.05) is 0 Å². The molecule has 0 atom stereocenters. The van der Waals surface area contributed by atoms with Crippen molar-refractivity contribution in [3.05, 3.63) is 400 Å². The Balaban J connectivity index is 0.000000136. The Morgan fingerprint density at radius 3 is 1.07 bits per heavy atom. The first kappa shape index (κ1) is 65.1. The maximum atomic E-state index is 6.21. The lowest BCUT2D eigenvalue weighted by Gasteiger charge is -2.11. The lowest BCUT2D eigenvalue weighted by molar-refractivity contribution is 0.669. The Labute approximate surface area is 668 Å². The molecule has 5 nitrogen and oxygen atoms in total. The highest BCUT2D eigenvalue weighted by molar-refractivity contribution is 7.27. The van der Waals surface area contributed by atoms with Gasteiger partial charge < -0.3 is 22.7 Å². The van der Waals surface area contributed by atoms with Crippen LogP contribution >= 0.6 is 22.7 Å². The van der Waals surface area contributed by atoms with Crippen LogP contribution < -0.4 is 0 Å². The van der Waals surface area contributed by atoms with Crippen molar-refractivity contribution in [3.63, 3.8) is 0 Å². The van der Waals surface area contributed by atoms with E-state index < -0.39 is 0 Å². The molecular formula is C108H66N4OS2. The molecule has 0 aliphatic carbocycles. The van der Waals surface area contributed by atoms with Gasteiger partial charge in [-0.25, -0.2) is 0 Å². The van der Waals surface area contributed by atoms with E-state index >= 15 is 0 Å². The lowest BCUT2D eigenvalue weighted by atomic mass is 10.00. The van der Waals surface area contributed by atoms with Crippen LogP contribution in [0.25, 0.3) is 228 Å². The van der Waals surface area contributed by atoms with Gasteiger partial charge in [0.1, 0.15) is 11.2 Å². The Morgan fingerprint density at radius 2 is 0.522 bits per heavy atom. The number of para-hydroxylation sites is 5. The van der Waals surface area contributed by atoms with E-state index in [1.54, 1.807) is 0 Å². The van der Waals surface area contributed by atoms with E-state index in [1.165, 1.54) is 189 Å². The molecule has 0 saturated carbocycles. The molecule has 0 amide bonds. The molecule has 0 fully saturated rings. The summed E-state index contributed by atoms with van der Waals surface area (Å²) >= 11 is 3.77. The highest BCUT2D eigenvalue weighted by Gasteiger charge is 2.23. The number of aromatic nitrogens is 4. The number of thiophene rings is 2. The standard InChI is InChI=1S/C60H36N2OS.C48H30N2S/c1-2-10-37(11-3-1)38-18-20-39(21-19-38)40-22-26-43(27-23-40)62-55-32-25-42(35-51(55)48-29-30-49-47-14-6-9-17-58(47)64-60(49)59(48)62)41-24-31-54-50(34-41)45-12-4-7-15-53(45)61(54)44-28-33-57-52(36-44)46-13-5-8-16-56(46)63-57;1-2-11-34(12-3-1)49-43-18-7-4-13-37(43)41-29-32(23-27-45(41)49)33-24-28-46-42(30-33)38-14-5-8-19-44(38)50(46)35-25-21-31(22-26-35)36-16-10-17-40-39-15-6-9-20-47(39)51-48(36)40/h1-36H;1-30H. The predicted molar refractivity (Wildman–Crippen MR) is 490 cm³/mol. The van der Waals surface area contributed by atoms with Gasteiger partial charge in [-0.05, 0) is 195 Å². The van der Waals surface area contributed by atoms with E-state index in [9.17, 15) is 0 Å². The molecule has 7 heterocycles. The molecule has 25 aromatic rings. The Morgan fingerprint density at radius 1 is 0.174 bits per heavy atom. The second-order valence-electron chi connectivity index (χ2n) is 30.2. The highest BCUT2D eigenvalue weighted by atomic mass is 32.1. The zero-order chi connectivity index (χ0) is 75.3. The molecule has 0 unspecified atom stereocenters. The molecule has 0 spiro atoms. The lowest BCUT2D eigenvalue weighted by Crippen LogP contribution is -1.94. The van der Waals surface area contributed by atoms with Gasteiger partial charge in [-0.15, -0.1) is 22.7 Å². The highest BCUT2D eigenvalue weighted by Crippen LogP contribution is 2.48. The Bertz CT molecular complexity index is 8250. The normalized spacial score (nSPS) is 12.0. The minimum Gasteiger partial charge on any atom is -0.456 e. The van der Waals surface area contributed by atoms with E-state index in [2.05, 4.69) is 407 Å². The number of hydrogen-bond donors (Lipinski definition) is 0. The fourth-order valence-electron chi connectivity index (χ4n) is 18.5. The maximum Gasteiger partial charge on any atom is 0.135 e. The van der Waals surface area contributed by atoms with Crippen molar-refractivity contribution >= 4 is 172 Å². The minimum atomic E-state index is 0.903. The number of rotatable bonds is 9. The van der Waals surface area contributed by atoms with Gasteiger partial charge in [-0.3, -0.25) is 0 Å². The molecule has 0 bridgehead atoms. The quantitative estimate of drug-likeness (QED) is 0.142. The molecule has 0 aliphatic rings. The summed E-state index contributed by atoms with van der Waals surface area (Å²) in [6, 6.07) is 146. The first-order chi connectivity index (χ1) is 57.0. The van der Waals surface area contributed by atoms with Gasteiger partial charge >= 0.3 is 0 Å². The van der Waals surface area contributed by atoms with Gasteiger partial charge in [0.05, 0.1) is 48.8 Å². The van der Waals surface area contributed by atoms with E-state index in [0.717, 1.165) is 39.0 Å². The molecule has 25 rings (SSSR count). The summed E-state index contributed by atoms with van der Waals surface area (Å²) in [4.78, 5) is 0. The first-order valence-corrected chi connectivity index (χ1v) is 40.9. The van der Waals surface area contributed by atoms with Crippen LogP contribution in [-0.2, 0) is 0 Å². The summed E-state index contributed by atoms with van der Waals surface area (Å²) in [6.45, 7) is 0. The Kier molecular flexibility index (Phi) is 14.7. The zero-order valence-electron chi connectivity index (χ0n) is 62.1. The second-order valence-corrected chi connectivity index (χ2v) is 32.3. The van der Waals surface area contributed by atoms with Gasteiger partial charge in [0, 0.05) is 112 Å². The first-order valence-electron chi connectivity index (χ1n) is 39.3. The summed E-state index contributed by atoms with van der Waals surface area (Å²) in [5.74, 6) is 0. The average molecular weight is 1500 g/mol. The molecule has 0 N–H and O–H groups in total. The van der Waals surface area contributed by atoms with Crippen LogP contribution in [0.15, 0.2) is 405 Å². The van der Waals surface area contributed by atoms with Gasteiger partial charge in [0.2, 0.25) is 0 Å². The van der Waals surface area contributed by atoms with Crippen molar-refractivity contribution in [3.8, 4) is 78.4 Å². The van der Waals surface area contributed by atoms with Crippen LogP contribution in [0.5, 0.6) is 0 Å². The van der Waals surface area contributed by atoms with E-state index in [1.807, 2.05) is 34.8 Å². The van der Waals surface area contributed by atoms with Crippen molar-refractivity contribution in [1.29, 1.82) is 0 Å². The molecule has 7 aromatic heterocycles. The number of fused-ring (bicyclic) bond motifs is 22. The van der Waals surface area contributed by atoms with Crippen molar-refractivity contribution in [2.45, 2.75) is 0 Å². The summed E-state index contributed by atoms with van der Waals surface area (Å²) in [5, 5.41) is 17.5.